The minimum atomic E-state index is 0.515. The molecular weight excluding hydrogens is 212 g/mol. The maximum absolute atomic E-state index is 5.89. The highest BCUT2D eigenvalue weighted by Gasteiger charge is 2.23. The summed E-state index contributed by atoms with van der Waals surface area (Å²) < 4.78 is 5.26. The van der Waals surface area contributed by atoms with Crippen LogP contribution in [0.25, 0.3) is 10.9 Å². The van der Waals surface area contributed by atoms with E-state index in [1.54, 1.807) is 7.11 Å². The van der Waals surface area contributed by atoms with E-state index in [4.69, 9.17) is 10.5 Å². The zero-order valence-electron chi connectivity index (χ0n) is 10.1. The molecule has 1 aliphatic rings. The topological polar surface area (TPSA) is 51.0 Å². The van der Waals surface area contributed by atoms with Crippen molar-refractivity contribution in [3.05, 3.63) is 29.5 Å². The second-order valence-electron chi connectivity index (χ2n) is 4.75. The van der Waals surface area contributed by atoms with E-state index in [1.165, 1.54) is 35.0 Å². The minimum absolute atomic E-state index is 0.515. The Morgan fingerprint density at radius 3 is 3.12 bits per heavy atom. The van der Waals surface area contributed by atoms with E-state index in [2.05, 4.69) is 17.1 Å². The van der Waals surface area contributed by atoms with Crippen LogP contribution in [0.5, 0.6) is 5.75 Å². The molecule has 1 atom stereocenters. The van der Waals surface area contributed by atoms with E-state index in [9.17, 15) is 0 Å². The van der Waals surface area contributed by atoms with Crippen molar-refractivity contribution in [2.45, 2.75) is 25.2 Å². The van der Waals surface area contributed by atoms with Crippen LogP contribution in [-0.4, -0.2) is 18.6 Å². The molecule has 0 saturated heterocycles. The zero-order chi connectivity index (χ0) is 11.8. The van der Waals surface area contributed by atoms with E-state index in [-0.39, 0.29) is 0 Å². The summed E-state index contributed by atoms with van der Waals surface area (Å²) in [7, 11) is 1.70. The lowest BCUT2D eigenvalue weighted by molar-refractivity contribution is 0.415. The van der Waals surface area contributed by atoms with Crippen LogP contribution in [0.15, 0.2) is 18.2 Å². The molecule has 0 aliphatic heterocycles. The number of methoxy groups -OCH3 is 1. The summed E-state index contributed by atoms with van der Waals surface area (Å²) in [5, 5.41) is 1.32. The van der Waals surface area contributed by atoms with E-state index in [0.717, 1.165) is 18.7 Å². The van der Waals surface area contributed by atoms with Gasteiger partial charge in [-0.15, -0.1) is 0 Å². The van der Waals surface area contributed by atoms with Gasteiger partial charge in [-0.3, -0.25) is 0 Å². The van der Waals surface area contributed by atoms with Gasteiger partial charge in [-0.2, -0.15) is 0 Å². The van der Waals surface area contributed by atoms with Gasteiger partial charge >= 0.3 is 0 Å². The average Bonchev–Trinajstić information content (AvgIpc) is 2.75. The van der Waals surface area contributed by atoms with Gasteiger partial charge in [0.05, 0.1) is 7.11 Å². The smallest absolute Gasteiger partial charge is 0.120 e. The van der Waals surface area contributed by atoms with Crippen molar-refractivity contribution in [2.24, 2.45) is 5.73 Å². The lowest BCUT2D eigenvalue weighted by Gasteiger charge is -2.21. The second kappa shape index (κ2) is 4.08. The molecule has 1 heterocycles. The third kappa shape index (κ3) is 1.62. The molecular formula is C14H18N2O. The zero-order valence-corrected chi connectivity index (χ0v) is 10.1. The van der Waals surface area contributed by atoms with Gasteiger partial charge in [-0.05, 0) is 49.4 Å². The molecule has 1 aromatic carbocycles. The van der Waals surface area contributed by atoms with Crippen molar-refractivity contribution in [1.82, 2.24) is 4.98 Å². The number of H-pyrrole nitrogens is 1. The highest BCUT2D eigenvalue weighted by molar-refractivity contribution is 5.86. The Balaban J connectivity index is 2.20. The molecule has 0 fully saturated rings. The van der Waals surface area contributed by atoms with Crippen molar-refractivity contribution in [2.75, 3.05) is 13.7 Å². The van der Waals surface area contributed by atoms with Crippen LogP contribution in [0, 0.1) is 0 Å². The minimum Gasteiger partial charge on any atom is -0.497 e. The molecule has 0 bridgehead atoms. The molecule has 3 rings (SSSR count). The van der Waals surface area contributed by atoms with Gasteiger partial charge in [0, 0.05) is 22.7 Å². The molecule has 1 aliphatic carbocycles. The monoisotopic (exact) mass is 230 g/mol. The first-order valence-corrected chi connectivity index (χ1v) is 6.22. The molecule has 3 heteroatoms. The number of hydrogen-bond donors (Lipinski definition) is 2. The first kappa shape index (κ1) is 10.7. The highest BCUT2D eigenvalue weighted by atomic mass is 16.5. The number of fused-ring (bicyclic) bond motifs is 3. The van der Waals surface area contributed by atoms with Crippen LogP contribution >= 0.6 is 0 Å². The molecule has 0 saturated carbocycles. The largest absolute Gasteiger partial charge is 0.497 e. The number of benzene rings is 1. The van der Waals surface area contributed by atoms with Crippen molar-refractivity contribution >= 4 is 10.9 Å². The quantitative estimate of drug-likeness (QED) is 0.833. The van der Waals surface area contributed by atoms with E-state index >= 15 is 0 Å². The van der Waals surface area contributed by atoms with Crippen LogP contribution in [0.4, 0.5) is 0 Å². The summed E-state index contributed by atoms with van der Waals surface area (Å²) in [6.45, 7) is 0.742. The van der Waals surface area contributed by atoms with Crippen molar-refractivity contribution < 1.29 is 4.74 Å². The Morgan fingerprint density at radius 2 is 2.35 bits per heavy atom. The Kier molecular flexibility index (Phi) is 2.56. The summed E-state index contributed by atoms with van der Waals surface area (Å²) in [6.07, 6.45) is 3.59. The molecule has 3 nitrogen and oxygen atoms in total. The number of aromatic amines is 1. The fourth-order valence-corrected chi connectivity index (χ4v) is 2.95. The van der Waals surface area contributed by atoms with Gasteiger partial charge in [0.2, 0.25) is 0 Å². The maximum atomic E-state index is 5.89. The molecule has 1 aromatic heterocycles. The predicted molar refractivity (Wildman–Crippen MR) is 69.6 cm³/mol. The Labute approximate surface area is 101 Å². The number of hydrogen-bond acceptors (Lipinski definition) is 2. The normalized spacial score (nSPS) is 19.3. The van der Waals surface area contributed by atoms with Gasteiger partial charge in [-0.25, -0.2) is 0 Å². The molecule has 0 amide bonds. The Morgan fingerprint density at radius 1 is 1.47 bits per heavy atom. The lowest BCUT2D eigenvalue weighted by atomic mass is 9.85. The highest BCUT2D eigenvalue weighted by Crippen LogP contribution is 2.37. The first-order chi connectivity index (χ1) is 8.33. The Hall–Kier alpha value is -1.48. The Bertz CT molecular complexity index is 544. The van der Waals surface area contributed by atoms with E-state index in [0.29, 0.717) is 5.92 Å². The number of rotatable bonds is 2. The number of ether oxygens (including phenoxy) is 1. The fraction of sp³-hybridized carbons (Fsp3) is 0.429. The molecule has 0 radical (unpaired) electrons. The van der Waals surface area contributed by atoms with Crippen LogP contribution in [0.1, 0.15) is 30.0 Å². The average molecular weight is 230 g/mol. The van der Waals surface area contributed by atoms with E-state index < -0.39 is 0 Å². The summed E-state index contributed by atoms with van der Waals surface area (Å²) in [5.41, 5.74) is 9.87. The SMILES string of the molecule is COc1ccc2c3c([nH]c2c1)CCCC3CN. The molecule has 90 valence electrons. The fourth-order valence-electron chi connectivity index (χ4n) is 2.95. The van der Waals surface area contributed by atoms with Gasteiger partial charge in [0.25, 0.3) is 0 Å². The molecule has 17 heavy (non-hydrogen) atoms. The summed E-state index contributed by atoms with van der Waals surface area (Å²) in [6, 6.07) is 6.25. The molecule has 1 unspecified atom stereocenters. The maximum Gasteiger partial charge on any atom is 0.120 e. The lowest BCUT2D eigenvalue weighted by Crippen LogP contribution is -2.17. The van der Waals surface area contributed by atoms with Crippen molar-refractivity contribution in [3.8, 4) is 5.75 Å². The predicted octanol–water partition coefficient (Wildman–Crippen LogP) is 2.56. The summed E-state index contributed by atoms with van der Waals surface area (Å²) >= 11 is 0. The van der Waals surface area contributed by atoms with Gasteiger partial charge in [0.15, 0.2) is 0 Å². The number of aryl methyl sites for hydroxylation is 1. The van der Waals surface area contributed by atoms with Crippen LogP contribution in [0.3, 0.4) is 0 Å². The summed E-state index contributed by atoms with van der Waals surface area (Å²) in [5.74, 6) is 1.42. The standard InChI is InChI=1S/C14H18N2O/c1-17-10-5-6-11-13(7-10)16-12-4-2-3-9(8-15)14(11)12/h5-7,9,16H,2-4,8,15H2,1H3. The third-order valence-electron chi connectivity index (χ3n) is 3.80. The van der Waals surface area contributed by atoms with Crippen molar-refractivity contribution in [3.63, 3.8) is 0 Å². The number of nitrogens with one attached hydrogen (secondary N) is 1. The van der Waals surface area contributed by atoms with Gasteiger partial charge in [-0.1, -0.05) is 0 Å². The van der Waals surface area contributed by atoms with Gasteiger partial charge < -0.3 is 15.5 Å². The first-order valence-electron chi connectivity index (χ1n) is 6.22. The molecule has 2 aromatic rings. The van der Waals surface area contributed by atoms with Crippen LogP contribution in [-0.2, 0) is 6.42 Å². The molecule has 3 N–H and O–H groups in total. The van der Waals surface area contributed by atoms with Crippen LogP contribution in [0.2, 0.25) is 0 Å². The van der Waals surface area contributed by atoms with Crippen LogP contribution < -0.4 is 10.5 Å². The molecule has 0 spiro atoms. The third-order valence-corrected chi connectivity index (χ3v) is 3.80. The second-order valence-corrected chi connectivity index (χ2v) is 4.75. The number of aromatic nitrogens is 1. The van der Waals surface area contributed by atoms with E-state index in [1.807, 2.05) is 6.07 Å². The number of nitrogens with two attached hydrogens (primary N) is 1. The van der Waals surface area contributed by atoms with Crippen molar-refractivity contribution in [1.29, 1.82) is 0 Å². The summed E-state index contributed by atoms with van der Waals surface area (Å²) in [4.78, 5) is 3.52. The van der Waals surface area contributed by atoms with Gasteiger partial charge in [0.1, 0.15) is 5.75 Å².